The molecular formula is C25H19N5O2S. The summed E-state index contributed by atoms with van der Waals surface area (Å²) in [5.74, 6) is -0.156. The Morgan fingerprint density at radius 1 is 0.818 bits per heavy atom. The first kappa shape index (κ1) is 20.7. The fourth-order valence-electron chi connectivity index (χ4n) is 3.36. The number of benzene rings is 2. The van der Waals surface area contributed by atoms with Crippen LogP contribution >= 0.6 is 11.8 Å². The van der Waals surface area contributed by atoms with Crippen LogP contribution in [0.2, 0.25) is 0 Å². The number of amides is 2. The number of nitrogens with one attached hydrogen (secondary N) is 2. The molecule has 0 saturated carbocycles. The van der Waals surface area contributed by atoms with Crippen LogP contribution in [0.4, 0.5) is 0 Å². The molecule has 0 unspecified atom stereocenters. The van der Waals surface area contributed by atoms with Crippen molar-refractivity contribution in [2.24, 2.45) is 0 Å². The quantitative estimate of drug-likeness (QED) is 0.307. The van der Waals surface area contributed by atoms with Crippen molar-refractivity contribution in [1.82, 2.24) is 25.2 Å². The lowest BCUT2D eigenvalue weighted by molar-refractivity contribution is 0.0844. The molecule has 2 amide bonds. The molecule has 5 aromatic rings. The molecule has 0 atom stereocenters. The predicted molar refractivity (Wildman–Crippen MR) is 128 cm³/mol. The van der Waals surface area contributed by atoms with Gasteiger partial charge in [0.15, 0.2) is 0 Å². The van der Waals surface area contributed by atoms with Crippen molar-refractivity contribution in [3.63, 3.8) is 0 Å². The molecule has 0 aliphatic rings. The lowest BCUT2D eigenvalue weighted by Gasteiger charge is -2.08. The van der Waals surface area contributed by atoms with Crippen molar-refractivity contribution >= 4 is 40.1 Å². The molecule has 0 aliphatic heterocycles. The summed E-state index contributed by atoms with van der Waals surface area (Å²) >= 11 is 1.64. The maximum atomic E-state index is 12.4. The third-order valence-corrected chi connectivity index (χ3v) is 6.08. The normalized spacial score (nSPS) is 10.9. The van der Waals surface area contributed by atoms with Gasteiger partial charge in [0.2, 0.25) is 0 Å². The Balaban J connectivity index is 1.16. The Morgan fingerprint density at radius 2 is 1.61 bits per heavy atom. The van der Waals surface area contributed by atoms with Gasteiger partial charge in [-0.15, -0.1) is 11.8 Å². The first-order valence-electron chi connectivity index (χ1n) is 10.3. The van der Waals surface area contributed by atoms with Crippen molar-refractivity contribution in [2.45, 2.75) is 10.6 Å². The molecule has 3 aromatic heterocycles. The van der Waals surface area contributed by atoms with E-state index in [2.05, 4.69) is 20.8 Å². The van der Waals surface area contributed by atoms with E-state index < -0.39 is 11.8 Å². The number of carbonyl (C=O) groups is 2. The van der Waals surface area contributed by atoms with Crippen molar-refractivity contribution in [3.05, 3.63) is 108 Å². The predicted octanol–water partition coefficient (Wildman–Crippen LogP) is 4.25. The largest absolute Gasteiger partial charge is 0.307 e. The molecule has 0 saturated heterocycles. The lowest BCUT2D eigenvalue weighted by Crippen LogP contribution is -2.41. The summed E-state index contributed by atoms with van der Waals surface area (Å²) in [6.07, 6.45) is 3.98. The highest BCUT2D eigenvalue weighted by molar-refractivity contribution is 7.98. The molecule has 0 bridgehead atoms. The second-order valence-corrected chi connectivity index (χ2v) is 8.36. The molecule has 2 aromatic carbocycles. The van der Waals surface area contributed by atoms with Gasteiger partial charge in [-0.05, 0) is 48.5 Å². The zero-order valence-corrected chi connectivity index (χ0v) is 18.3. The minimum Gasteiger partial charge on any atom is -0.307 e. The summed E-state index contributed by atoms with van der Waals surface area (Å²) in [5, 5.41) is 0.942. The molecule has 0 aliphatic carbocycles. The average Bonchev–Trinajstić information content (AvgIpc) is 3.29. The first-order chi connectivity index (χ1) is 16.2. The van der Waals surface area contributed by atoms with Crippen LogP contribution in [0.15, 0.2) is 96.2 Å². The highest BCUT2D eigenvalue weighted by atomic mass is 32.2. The third kappa shape index (κ3) is 4.70. The number of carbonyl (C=O) groups excluding carboxylic acids is 2. The van der Waals surface area contributed by atoms with E-state index >= 15 is 0 Å². The number of aromatic nitrogens is 3. The molecule has 3 heterocycles. The van der Waals surface area contributed by atoms with E-state index in [0.717, 1.165) is 27.4 Å². The zero-order chi connectivity index (χ0) is 22.6. The molecular weight excluding hydrogens is 434 g/mol. The van der Waals surface area contributed by atoms with Crippen molar-refractivity contribution in [2.75, 3.05) is 0 Å². The van der Waals surface area contributed by atoms with Crippen LogP contribution in [-0.2, 0) is 5.75 Å². The highest BCUT2D eigenvalue weighted by Crippen LogP contribution is 2.23. The van der Waals surface area contributed by atoms with Gasteiger partial charge in [-0.25, -0.2) is 9.97 Å². The number of para-hydroxylation sites is 1. The van der Waals surface area contributed by atoms with E-state index in [0.29, 0.717) is 11.1 Å². The van der Waals surface area contributed by atoms with Gasteiger partial charge >= 0.3 is 0 Å². The van der Waals surface area contributed by atoms with Gasteiger partial charge in [0, 0.05) is 34.0 Å². The van der Waals surface area contributed by atoms with Crippen LogP contribution in [0.3, 0.4) is 0 Å². The molecule has 0 spiro atoms. The second kappa shape index (κ2) is 9.13. The Morgan fingerprint density at radius 3 is 2.45 bits per heavy atom. The number of rotatable bonds is 5. The summed E-state index contributed by atoms with van der Waals surface area (Å²) in [6.45, 7) is 0. The van der Waals surface area contributed by atoms with E-state index in [-0.39, 0.29) is 5.69 Å². The minimum absolute atomic E-state index is 0.229. The smallest absolute Gasteiger partial charge is 0.288 e. The number of hydrogen-bond acceptors (Lipinski definition) is 5. The van der Waals surface area contributed by atoms with Crippen molar-refractivity contribution in [3.8, 4) is 0 Å². The third-order valence-electron chi connectivity index (χ3n) is 5.04. The minimum atomic E-state index is -0.478. The van der Waals surface area contributed by atoms with Gasteiger partial charge in [0.05, 0.1) is 11.2 Å². The molecule has 162 valence electrons. The fourth-order valence-corrected chi connectivity index (χ4v) is 4.14. The number of fused-ring (bicyclic) bond motifs is 2. The van der Waals surface area contributed by atoms with Gasteiger partial charge in [-0.3, -0.25) is 20.4 Å². The number of nitrogens with zero attached hydrogens (tertiary/aromatic N) is 3. The maximum Gasteiger partial charge on any atom is 0.288 e. The van der Waals surface area contributed by atoms with Gasteiger partial charge in [-0.2, -0.15) is 0 Å². The van der Waals surface area contributed by atoms with Gasteiger partial charge in [0.25, 0.3) is 11.8 Å². The topological polar surface area (TPSA) is 88.4 Å². The highest BCUT2D eigenvalue weighted by Gasteiger charge is 2.11. The first-order valence-corrected chi connectivity index (χ1v) is 11.3. The van der Waals surface area contributed by atoms with Crippen LogP contribution in [0.25, 0.3) is 16.6 Å². The SMILES string of the molecule is O=C(NNC(=O)c1ccc2ccccc2n1)c1ccc(SCc2cn3ccccc3n2)cc1. The van der Waals surface area contributed by atoms with E-state index in [4.69, 9.17) is 0 Å². The van der Waals surface area contributed by atoms with Crippen LogP contribution < -0.4 is 10.9 Å². The molecule has 0 fully saturated rings. The number of thioether (sulfide) groups is 1. The number of imidazole rings is 1. The summed E-state index contributed by atoms with van der Waals surface area (Å²) in [4.78, 5) is 34.7. The fraction of sp³-hybridized carbons (Fsp3) is 0.0400. The number of pyridine rings is 2. The molecule has 7 nitrogen and oxygen atoms in total. The molecule has 8 heteroatoms. The molecule has 0 radical (unpaired) electrons. The van der Waals surface area contributed by atoms with Crippen LogP contribution in [0.1, 0.15) is 26.5 Å². The second-order valence-electron chi connectivity index (χ2n) is 7.31. The standard InChI is InChI=1S/C25H19N5O2S/c31-24(28-29-25(32)22-13-10-17-5-1-2-6-21(17)27-22)18-8-11-20(12-9-18)33-16-19-15-30-14-4-3-7-23(30)26-19/h1-15H,16H2,(H,28,31)(H,29,32). The van der Waals surface area contributed by atoms with Crippen LogP contribution in [-0.4, -0.2) is 26.2 Å². The molecule has 33 heavy (non-hydrogen) atoms. The average molecular weight is 454 g/mol. The molecule has 2 N–H and O–H groups in total. The Bertz CT molecular complexity index is 1430. The summed E-state index contributed by atoms with van der Waals surface area (Å²) in [5.41, 5.74) is 8.15. The van der Waals surface area contributed by atoms with Crippen LogP contribution in [0, 0.1) is 0 Å². The Kier molecular flexibility index (Phi) is 5.73. The van der Waals surface area contributed by atoms with E-state index in [1.54, 1.807) is 30.0 Å². The van der Waals surface area contributed by atoms with Crippen molar-refractivity contribution < 1.29 is 9.59 Å². The Hall–Kier alpha value is -4.17. The van der Waals surface area contributed by atoms with E-state index in [1.807, 2.05) is 77.5 Å². The van der Waals surface area contributed by atoms with E-state index in [1.165, 1.54) is 0 Å². The summed E-state index contributed by atoms with van der Waals surface area (Å²) < 4.78 is 1.99. The van der Waals surface area contributed by atoms with Crippen LogP contribution in [0.5, 0.6) is 0 Å². The van der Waals surface area contributed by atoms with E-state index in [9.17, 15) is 9.59 Å². The lowest BCUT2D eigenvalue weighted by atomic mass is 10.2. The number of hydrazine groups is 1. The monoisotopic (exact) mass is 453 g/mol. The Labute approximate surface area is 193 Å². The van der Waals surface area contributed by atoms with Gasteiger partial charge in [-0.1, -0.05) is 30.3 Å². The maximum absolute atomic E-state index is 12.4. The number of hydrogen-bond donors (Lipinski definition) is 2. The van der Waals surface area contributed by atoms with Gasteiger partial charge < -0.3 is 4.40 Å². The van der Waals surface area contributed by atoms with Crippen molar-refractivity contribution in [1.29, 1.82) is 0 Å². The molecule has 5 rings (SSSR count). The summed E-state index contributed by atoms with van der Waals surface area (Å²) in [6, 6.07) is 24.1. The summed E-state index contributed by atoms with van der Waals surface area (Å²) in [7, 11) is 0. The van der Waals surface area contributed by atoms with Gasteiger partial charge in [0.1, 0.15) is 11.3 Å². The zero-order valence-electron chi connectivity index (χ0n) is 17.4.